The molecule has 0 aromatic heterocycles. The number of hydrogen-bond donors (Lipinski definition) is 1. The third-order valence-corrected chi connectivity index (χ3v) is 4.17. The molecule has 2 fully saturated rings. The van der Waals surface area contributed by atoms with Gasteiger partial charge < -0.3 is 10.5 Å². The van der Waals surface area contributed by atoms with Crippen LogP contribution >= 0.6 is 0 Å². The van der Waals surface area contributed by atoms with Crippen LogP contribution in [0.5, 0.6) is 0 Å². The van der Waals surface area contributed by atoms with Crippen molar-refractivity contribution in [2.24, 2.45) is 11.7 Å². The Hall–Kier alpha value is -0.120. The molecular formula is C13H26N2O. The second kappa shape index (κ2) is 5.48. The van der Waals surface area contributed by atoms with Gasteiger partial charge in [0.1, 0.15) is 0 Å². The highest BCUT2D eigenvalue weighted by Crippen LogP contribution is 2.25. The Kier molecular flexibility index (Phi) is 4.22. The lowest BCUT2D eigenvalue weighted by molar-refractivity contribution is -0.0565. The molecule has 1 aliphatic carbocycles. The van der Waals surface area contributed by atoms with Crippen molar-refractivity contribution < 1.29 is 4.74 Å². The van der Waals surface area contributed by atoms with Gasteiger partial charge in [0.25, 0.3) is 0 Å². The van der Waals surface area contributed by atoms with Gasteiger partial charge in [0.05, 0.1) is 12.7 Å². The molecule has 0 amide bonds. The van der Waals surface area contributed by atoms with Gasteiger partial charge in [-0.3, -0.25) is 4.90 Å². The Morgan fingerprint density at radius 2 is 2.00 bits per heavy atom. The minimum absolute atomic E-state index is 0.385. The molecule has 1 aliphatic heterocycles. The fourth-order valence-corrected chi connectivity index (χ4v) is 2.99. The Morgan fingerprint density at radius 3 is 2.75 bits per heavy atom. The maximum absolute atomic E-state index is 6.22. The topological polar surface area (TPSA) is 38.5 Å². The summed E-state index contributed by atoms with van der Waals surface area (Å²) in [7, 11) is 0. The summed E-state index contributed by atoms with van der Waals surface area (Å²) in [6.45, 7) is 7.56. The highest BCUT2D eigenvalue weighted by molar-refractivity contribution is 4.84. The summed E-state index contributed by atoms with van der Waals surface area (Å²) in [4.78, 5) is 2.57. The Labute approximate surface area is 99.3 Å². The van der Waals surface area contributed by atoms with Gasteiger partial charge in [0.15, 0.2) is 0 Å². The average Bonchev–Trinajstić information content (AvgIpc) is 2.27. The van der Waals surface area contributed by atoms with E-state index >= 15 is 0 Å². The fraction of sp³-hybridized carbons (Fsp3) is 1.00. The zero-order chi connectivity index (χ0) is 11.5. The minimum Gasteiger partial charge on any atom is -0.376 e. The van der Waals surface area contributed by atoms with E-state index in [2.05, 4.69) is 18.7 Å². The average molecular weight is 226 g/mol. The van der Waals surface area contributed by atoms with Crippen LogP contribution in [0.15, 0.2) is 0 Å². The Balaban J connectivity index is 1.86. The number of nitrogens with two attached hydrogens (primary N) is 1. The van der Waals surface area contributed by atoms with Gasteiger partial charge in [-0.2, -0.15) is 0 Å². The summed E-state index contributed by atoms with van der Waals surface area (Å²) in [5.41, 5.74) is 6.22. The molecule has 2 N–H and O–H groups in total. The molecule has 0 aromatic rings. The van der Waals surface area contributed by atoms with E-state index in [0.29, 0.717) is 24.1 Å². The molecule has 3 nitrogen and oxygen atoms in total. The highest BCUT2D eigenvalue weighted by atomic mass is 16.5. The van der Waals surface area contributed by atoms with Crippen molar-refractivity contribution in [3.63, 3.8) is 0 Å². The molecular weight excluding hydrogens is 200 g/mol. The molecule has 1 heterocycles. The zero-order valence-corrected chi connectivity index (χ0v) is 10.7. The summed E-state index contributed by atoms with van der Waals surface area (Å²) < 4.78 is 5.66. The SMILES string of the molecule is CC1CN(CC2CCCCC2N)C(C)CO1. The van der Waals surface area contributed by atoms with Gasteiger partial charge in [0, 0.05) is 25.2 Å². The van der Waals surface area contributed by atoms with Gasteiger partial charge in [-0.25, -0.2) is 0 Å². The number of morpholine rings is 1. The lowest BCUT2D eigenvalue weighted by atomic mass is 9.84. The highest BCUT2D eigenvalue weighted by Gasteiger charge is 2.29. The van der Waals surface area contributed by atoms with Crippen LogP contribution in [0.25, 0.3) is 0 Å². The lowest BCUT2D eigenvalue weighted by Gasteiger charge is -2.41. The first-order valence-electron chi connectivity index (χ1n) is 6.78. The minimum atomic E-state index is 0.385. The molecule has 94 valence electrons. The predicted octanol–water partition coefficient (Wildman–Crippen LogP) is 1.61. The number of nitrogens with zero attached hydrogens (tertiary/aromatic N) is 1. The van der Waals surface area contributed by atoms with E-state index in [9.17, 15) is 0 Å². The summed E-state index contributed by atoms with van der Waals surface area (Å²) in [5.74, 6) is 0.710. The summed E-state index contributed by atoms with van der Waals surface area (Å²) >= 11 is 0. The van der Waals surface area contributed by atoms with Gasteiger partial charge in [-0.15, -0.1) is 0 Å². The van der Waals surface area contributed by atoms with Gasteiger partial charge in [-0.05, 0) is 32.6 Å². The molecule has 3 heteroatoms. The van der Waals surface area contributed by atoms with E-state index in [0.717, 1.165) is 13.2 Å². The molecule has 0 spiro atoms. The predicted molar refractivity (Wildman–Crippen MR) is 66.4 cm³/mol. The quantitative estimate of drug-likeness (QED) is 0.777. The number of hydrogen-bond acceptors (Lipinski definition) is 3. The second-order valence-corrected chi connectivity index (χ2v) is 5.66. The molecule has 1 saturated carbocycles. The molecule has 1 saturated heterocycles. The van der Waals surface area contributed by atoms with Crippen molar-refractivity contribution in [3.8, 4) is 0 Å². The van der Waals surface area contributed by atoms with E-state index in [1.165, 1.54) is 32.2 Å². The van der Waals surface area contributed by atoms with Gasteiger partial charge in [0.2, 0.25) is 0 Å². The van der Waals surface area contributed by atoms with Gasteiger partial charge in [-0.1, -0.05) is 12.8 Å². The molecule has 4 unspecified atom stereocenters. The molecule has 0 bridgehead atoms. The standard InChI is InChI=1S/C13H26N2O/c1-10-9-16-11(2)7-15(10)8-12-5-3-4-6-13(12)14/h10-13H,3-9,14H2,1-2H3. The first kappa shape index (κ1) is 12.3. The lowest BCUT2D eigenvalue weighted by Crippen LogP contribution is -2.51. The second-order valence-electron chi connectivity index (χ2n) is 5.66. The van der Waals surface area contributed by atoms with E-state index in [1.807, 2.05) is 0 Å². The van der Waals surface area contributed by atoms with E-state index in [-0.39, 0.29) is 0 Å². The van der Waals surface area contributed by atoms with Crippen molar-refractivity contribution in [1.29, 1.82) is 0 Å². The molecule has 16 heavy (non-hydrogen) atoms. The van der Waals surface area contributed by atoms with Crippen LogP contribution < -0.4 is 5.73 Å². The van der Waals surface area contributed by atoms with Crippen molar-refractivity contribution in [2.45, 2.75) is 57.7 Å². The van der Waals surface area contributed by atoms with Crippen molar-refractivity contribution >= 4 is 0 Å². The fourth-order valence-electron chi connectivity index (χ4n) is 2.99. The van der Waals surface area contributed by atoms with Crippen molar-refractivity contribution in [3.05, 3.63) is 0 Å². The first-order chi connectivity index (χ1) is 7.66. The van der Waals surface area contributed by atoms with Crippen LogP contribution in [0.4, 0.5) is 0 Å². The van der Waals surface area contributed by atoms with Crippen LogP contribution in [0, 0.1) is 5.92 Å². The third-order valence-electron chi connectivity index (χ3n) is 4.17. The van der Waals surface area contributed by atoms with E-state index in [1.54, 1.807) is 0 Å². The summed E-state index contributed by atoms with van der Waals surface area (Å²) in [5, 5.41) is 0. The Morgan fingerprint density at radius 1 is 1.25 bits per heavy atom. The monoisotopic (exact) mass is 226 g/mol. The maximum atomic E-state index is 6.22. The van der Waals surface area contributed by atoms with Crippen LogP contribution in [0.1, 0.15) is 39.5 Å². The molecule has 2 rings (SSSR count). The summed E-state index contributed by atoms with van der Waals surface area (Å²) in [6.07, 6.45) is 5.62. The molecule has 0 radical (unpaired) electrons. The third kappa shape index (κ3) is 2.96. The first-order valence-corrected chi connectivity index (χ1v) is 6.78. The van der Waals surface area contributed by atoms with Gasteiger partial charge >= 0.3 is 0 Å². The van der Waals surface area contributed by atoms with Crippen LogP contribution in [-0.2, 0) is 4.74 Å². The van der Waals surface area contributed by atoms with E-state index < -0.39 is 0 Å². The van der Waals surface area contributed by atoms with Crippen LogP contribution in [0.2, 0.25) is 0 Å². The number of rotatable bonds is 2. The largest absolute Gasteiger partial charge is 0.376 e. The van der Waals surface area contributed by atoms with Crippen LogP contribution in [-0.4, -0.2) is 42.8 Å². The normalized spacial score (nSPS) is 42.2. The van der Waals surface area contributed by atoms with Crippen molar-refractivity contribution in [2.75, 3.05) is 19.7 Å². The van der Waals surface area contributed by atoms with Crippen molar-refractivity contribution in [1.82, 2.24) is 4.90 Å². The molecule has 0 aromatic carbocycles. The zero-order valence-electron chi connectivity index (χ0n) is 10.7. The number of ether oxygens (including phenoxy) is 1. The summed E-state index contributed by atoms with van der Waals surface area (Å²) in [6, 6.07) is 0.990. The molecule has 4 atom stereocenters. The Bertz CT molecular complexity index is 222. The molecule has 2 aliphatic rings. The van der Waals surface area contributed by atoms with E-state index in [4.69, 9.17) is 10.5 Å². The van der Waals surface area contributed by atoms with Crippen LogP contribution in [0.3, 0.4) is 0 Å². The smallest absolute Gasteiger partial charge is 0.0674 e. The maximum Gasteiger partial charge on any atom is 0.0674 e.